The number of benzene rings is 4. The van der Waals surface area contributed by atoms with Crippen molar-refractivity contribution in [3.05, 3.63) is 92.9 Å². The van der Waals surface area contributed by atoms with E-state index >= 15 is 0 Å². The highest BCUT2D eigenvalue weighted by molar-refractivity contribution is 6.37. The third-order valence-corrected chi connectivity index (χ3v) is 9.31. The number of fused-ring (bicyclic) bond motifs is 2. The number of aromatic nitrogens is 4. The van der Waals surface area contributed by atoms with Gasteiger partial charge in [0.05, 0.1) is 20.0 Å². The first kappa shape index (κ1) is 44.4. The van der Waals surface area contributed by atoms with Crippen LogP contribution in [0.3, 0.4) is 0 Å². The minimum absolute atomic E-state index is 0.236. The summed E-state index contributed by atoms with van der Waals surface area (Å²) in [5.74, 6) is 1.55. The van der Waals surface area contributed by atoms with Crippen molar-refractivity contribution in [1.29, 1.82) is 0 Å². The van der Waals surface area contributed by atoms with Gasteiger partial charge in [0.1, 0.15) is 16.9 Å². The van der Waals surface area contributed by atoms with Gasteiger partial charge in [-0.1, -0.05) is 82.8 Å². The summed E-state index contributed by atoms with van der Waals surface area (Å²) in [6, 6.07) is 22.7. The Morgan fingerprint density at radius 1 is 0.696 bits per heavy atom. The Kier molecular flexibility index (Phi) is 17.4. The first-order valence-electron chi connectivity index (χ1n) is 16.9. The van der Waals surface area contributed by atoms with Crippen LogP contribution < -0.4 is 11.1 Å². The van der Waals surface area contributed by atoms with E-state index in [1.165, 1.54) is 6.40 Å². The lowest BCUT2D eigenvalue weighted by atomic mass is 10.0. The smallest absolute Gasteiger partial charge is 0.176 e. The zero-order valence-electron chi connectivity index (χ0n) is 32.0. The first-order valence-corrected chi connectivity index (χ1v) is 18.5. The monoisotopic (exact) mass is 844 g/mol. The maximum atomic E-state index is 6.39. The van der Waals surface area contributed by atoms with Crippen molar-refractivity contribution in [2.75, 3.05) is 54.0 Å². The molecule has 6 aromatic rings. The Hall–Kier alpha value is -4.28. The van der Waals surface area contributed by atoms with Crippen LogP contribution in [0.5, 0.6) is 0 Å². The first-order chi connectivity index (χ1) is 27.0. The topological polar surface area (TPSA) is 145 Å². The van der Waals surface area contributed by atoms with E-state index in [0.29, 0.717) is 33.2 Å². The second kappa shape index (κ2) is 21.9. The third kappa shape index (κ3) is 11.2. The van der Waals surface area contributed by atoms with Gasteiger partial charge in [0, 0.05) is 102 Å². The molecule has 0 fully saturated rings. The molecule has 2 aromatic heterocycles. The predicted octanol–water partition coefficient (Wildman–Crippen LogP) is 9.02. The molecule has 13 nitrogen and oxygen atoms in total. The van der Waals surface area contributed by atoms with Crippen LogP contribution in [-0.2, 0) is 37.8 Å². The minimum Gasteiger partial charge on any atom is -0.486 e. The molecule has 0 saturated carbocycles. The fourth-order valence-corrected chi connectivity index (χ4v) is 6.50. The van der Waals surface area contributed by atoms with Gasteiger partial charge in [-0.05, 0) is 36.4 Å². The van der Waals surface area contributed by atoms with Crippen LogP contribution in [-0.4, -0.2) is 93.5 Å². The van der Waals surface area contributed by atoms with Crippen molar-refractivity contribution in [2.24, 2.45) is 29.8 Å². The largest absolute Gasteiger partial charge is 0.486 e. The molecule has 56 heavy (non-hydrogen) atoms. The zero-order valence-corrected chi connectivity index (χ0v) is 35.0. The molecule has 3 N–H and O–H groups in total. The fourth-order valence-electron chi connectivity index (χ4n) is 5.48. The van der Waals surface area contributed by atoms with Crippen molar-refractivity contribution in [3.8, 4) is 22.3 Å². The second-order valence-electron chi connectivity index (χ2n) is 11.7. The molecule has 0 unspecified atom stereocenters. The lowest BCUT2D eigenvalue weighted by Gasteiger charge is -2.09. The molecule has 0 aliphatic rings. The molecular weight excluding hydrogens is 802 g/mol. The average molecular weight is 847 g/mol. The Morgan fingerprint density at radius 3 is 1.70 bits per heavy atom. The van der Waals surface area contributed by atoms with Crippen LogP contribution >= 0.6 is 46.4 Å². The lowest BCUT2D eigenvalue weighted by Crippen LogP contribution is -2.23. The van der Waals surface area contributed by atoms with Gasteiger partial charge in [0.2, 0.25) is 0 Å². The zero-order chi connectivity index (χ0) is 40.8. The van der Waals surface area contributed by atoms with Gasteiger partial charge in [0.15, 0.2) is 24.8 Å². The van der Waals surface area contributed by atoms with E-state index in [-0.39, 0.29) is 12.6 Å². The molecular formula is C39H44Cl4N8O5. The molecule has 0 aliphatic carbocycles. The normalized spacial score (nSPS) is 11.5. The number of ether oxygens (including phenoxy) is 5. The van der Waals surface area contributed by atoms with Crippen LogP contribution in [0.4, 0.5) is 11.6 Å². The highest BCUT2D eigenvalue weighted by Crippen LogP contribution is 2.38. The van der Waals surface area contributed by atoms with Crippen molar-refractivity contribution in [3.63, 3.8) is 0 Å². The van der Waals surface area contributed by atoms with Gasteiger partial charge < -0.3 is 34.7 Å². The molecule has 4 aromatic carbocycles. The van der Waals surface area contributed by atoms with E-state index in [9.17, 15) is 0 Å². The quantitative estimate of drug-likeness (QED) is 0.0661. The Labute approximate surface area is 345 Å². The SMILES string of the molecule is COC(CN)OC.COC(CN=CNc1c2cccc(-c3ccc(Cl)cc3Cl)c2nn1C)OC.COC=Nc1c2cccc(-c3ccc(Cl)cc3Cl)c2nn1C. The summed E-state index contributed by atoms with van der Waals surface area (Å²) >= 11 is 24.7. The van der Waals surface area contributed by atoms with Gasteiger partial charge in [-0.15, -0.1) is 0 Å². The molecule has 0 bridgehead atoms. The van der Waals surface area contributed by atoms with E-state index in [1.54, 1.807) is 63.4 Å². The molecule has 6 rings (SSSR count). The Bertz CT molecular complexity index is 2250. The van der Waals surface area contributed by atoms with Gasteiger partial charge >= 0.3 is 0 Å². The summed E-state index contributed by atoms with van der Waals surface area (Å²) in [5.41, 5.74) is 10.5. The van der Waals surface area contributed by atoms with E-state index in [4.69, 9.17) is 75.8 Å². The van der Waals surface area contributed by atoms with Crippen LogP contribution in [0.25, 0.3) is 44.1 Å². The third-order valence-electron chi connectivity index (χ3n) is 8.21. The molecule has 2 heterocycles. The van der Waals surface area contributed by atoms with Crippen LogP contribution in [0.15, 0.2) is 82.8 Å². The highest BCUT2D eigenvalue weighted by atomic mass is 35.5. The number of aliphatic imine (C=N–C) groups is 2. The summed E-state index contributed by atoms with van der Waals surface area (Å²) < 4.78 is 28.0. The maximum Gasteiger partial charge on any atom is 0.176 e. The molecule has 0 spiro atoms. The molecule has 0 atom stereocenters. The van der Waals surface area contributed by atoms with Gasteiger partial charge in [-0.2, -0.15) is 10.2 Å². The number of anilines is 1. The summed E-state index contributed by atoms with van der Waals surface area (Å²) in [7, 11) is 11.5. The number of nitrogens with zero attached hydrogens (tertiary/aromatic N) is 6. The highest BCUT2D eigenvalue weighted by Gasteiger charge is 2.16. The standard InChI is InChI=1S/C19H20Cl2N4O2.C16H13Cl2N3O.C4H11NO2/c1-25-19(23-11-22-10-17(26-2)27-3)15-6-4-5-14(18(15)24-25)13-8-7-12(20)9-16(13)21;1-21-16(19-9-22-2)13-5-3-4-12(15(13)20-21)11-7-6-10(17)8-14(11)18;1-6-4(3-5)7-2/h4-9,11,17H,10H2,1-3H3,(H,22,23);3-9H,1-2H3;4H,3,5H2,1-2H3. The Morgan fingerprint density at radius 2 is 1.21 bits per heavy atom. The average Bonchev–Trinajstić information content (AvgIpc) is 3.69. The van der Waals surface area contributed by atoms with Gasteiger partial charge in [-0.3, -0.25) is 9.67 Å². The maximum absolute atomic E-state index is 6.39. The molecule has 0 aliphatic heterocycles. The molecule has 0 amide bonds. The van der Waals surface area contributed by atoms with Crippen molar-refractivity contribution in [2.45, 2.75) is 12.6 Å². The summed E-state index contributed by atoms with van der Waals surface area (Å²) in [6.07, 6.45) is 2.40. The van der Waals surface area contributed by atoms with Gasteiger partial charge in [0.25, 0.3) is 0 Å². The lowest BCUT2D eigenvalue weighted by molar-refractivity contribution is -0.0940. The molecule has 0 saturated heterocycles. The summed E-state index contributed by atoms with van der Waals surface area (Å²) in [4.78, 5) is 8.56. The van der Waals surface area contributed by atoms with Gasteiger partial charge in [-0.25, -0.2) is 9.67 Å². The second-order valence-corrected chi connectivity index (χ2v) is 13.4. The summed E-state index contributed by atoms with van der Waals surface area (Å²) in [6.45, 7) is 0.800. The number of aryl methyl sites for hydroxylation is 2. The predicted molar refractivity (Wildman–Crippen MR) is 229 cm³/mol. The van der Waals surface area contributed by atoms with Crippen LogP contribution in [0, 0.1) is 0 Å². The summed E-state index contributed by atoms with van der Waals surface area (Å²) in [5, 5.41) is 16.7. The number of hydrogen-bond acceptors (Lipinski definition) is 10. The molecule has 0 radical (unpaired) electrons. The fraction of sp³-hybridized carbons (Fsp3) is 0.282. The number of hydrogen-bond donors (Lipinski definition) is 2. The number of nitrogens with two attached hydrogens (primary N) is 1. The van der Waals surface area contributed by atoms with Crippen molar-refractivity contribution < 1.29 is 23.7 Å². The number of nitrogens with one attached hydrogen (secondary N) is 1. The van der Waals surface area contributed by atoms with E-state index in [2.05, 4.69) is 25.5 Å². The van der Waals surface area contributed by atoms with Crippen LogP contribution in [0.1, 0.15) is 0 Å². The Balaban J connectivity index is 0.000000216. The van der Waals surface area contributed by atoms with Crippen molar-refractivity contribution >= 4 is 92.6 Å². The molecule has 298 valence electrons. The van der Waals surface area contributed by atoms with E-state index in [0.717, 1.165) is 55.7 Å². The van der Waals surface area contributed by atoms with E-state index < -0.39 is 0 Å². The number of rotatable bonds is 13. The van der Waals surface area contributed by atoms with Crippen LogP contribution in [0.2, 0.25) is 20.1 Å². The number of methoxy groups -OCH3 is 5. The number of halogens is 4. The van der Waals surface area contributed by atoms with E-state index in [1.807, 2.05) is 74.8 Å². The van der Waals surface area contributed by atoms with Crippen molar-refractivity contribution in [1.82, 2.24) is 19.6 Å². The molecule has 17 heteroatoms. The minimum atomic E-state index is -0.370.